The molecule has 11 rings (SSSR count). The Balaban J connectivity index is 1.03. The van der Waals surface area contributed by atoms with Gasteiger partial charge in [0.25, 0.3) is 0 Å². The van der Waals surface area contributed by atoms with E-state index in [0.29, 0.717) is 0 Å². The van der Waals surface area contributed by atoms with Crippen molar-refractivity contribution < 1.29 is 0 Å². The van der Waals surface area contributed by atoms with Crippen LogP contribution < -0.4 is 4.90 Å². The molecule has 0 atom stereocenters. The van der Waals surface area contributed by atoms with Crippen LogP contribution in [0.2, 0.25) is 0 Å². The summed E-state index contributed by atoms with van der Waals surface area (Å²) in [5.74, 6) is 0. The van der Waals surface area contributed by atoms with E-state index in [1.54, 1.807) is 0 Å². The van der Waals surface area contributed by atoms with Crippen molar-refractivity contribution in [3.05, 3.63) is 199 Å². The van der Waals surface area contributed by atoms with Gasteiger partial charge in [-0.3, -0.25) is 0 Å². The highest BCUT2D eigenvalue weighted by Crippen LogP contribution is 2.52. The molecule has 10 aromatic rings. The highest BCUT2D eigenvalue weighted by atomic mass is 15.2. The third-order valence-electron chi connectivity index (χ3n) is 11.7. The number of rotatable bonds is 4. The summed E-state index contributed by atoms with van der Waals surface area (Å²) in [6.07, 6.45) is 0. The lowest BCUT2D eigenvalue weighted by molar-refractivity contribution is 0.632. The molecule has 54 heavy (non-hydrogen) atoms. The Hall–Kier alpha value is -6.84. The van der Waals surface area contributed by atoms with Gasteiger partial charge in [0.1, 0.15) is 0 Å². The van der Waals surface area contributed by atoms with Gasteiger partial charge in [0, 0.05) is 44.0 Å². The van der Waals surface area contributed by atoms with E-state index in [1.165, 1.54) is 82.9 Å². The number of nitrogens with zero attached hydrogens (tertiary/aromatic N) is 3. The Morgan fingerprint density at radius 3 is 1.43 bits per heavy atom. The van der Waals surface area contributed by atoms with Crippen LogP contribution in [-0.2, 0) is 5.41 Å². The monoisotopic (exact) mass is 691 g/mol. The lowest BCUT2D eigenvalue weighted by Crippen LogP contribution is -2.30. The molecule has 0 saturated heterocycles. The minimum atomic E-state index is -0.168. The molecular weight excluding hydrogens is 655 g/mol. The number of anilines is 3. The Kier molecular flexibility index (Phi) is 6.60. The normalized spacial score (nSPS) is 13.5. The number of benzene rings is 8. The molecule has 0 spiro atoms. The molecule has 0 radical (unpaired) electrons. The van der Waals surface area contributed by atoms with E-state index in [9.17, 15) is 0 Å². The summed E-state index contributed by atoms with van der Waals surface area (Å²) in [5.41, 5.74) is 15.7. The fraction of sp³-hybridized carbons (Fsp3) is 0.0588. The van der Waals surface area contributed by atoms with Crippen LogP contribution in [0.1, 0.15) is 25.0 Å². The molecular formula is C51H37N3. The standard InChI is InChI=1S/C51H37N3/c1-51(2)43-19-9-13-23-49(43)54(36-14-4-3-5-15-36)50-31-25-35(33-44(50)51)34-24-30-48-42(32-34)41-18-8-12-22-47(41)53(48)38-28-26-37(27-29-38)52-45-20-10-6-16-39(45)40-17-7-11-21-46(40)52/h3-33H,1-2H3. The van der Waals surface area contributed by atoms with E-state index in [0.717, 1.165) is 11.4 Å². The van der Waals surface area contributed by atoms with E-state index >= 15 is 0 Å². The lowest BCUT2D eigenvalue weighted by atomic mass is 9.73. The minimum Gasteiger partial charge on any atom is -0.310 e. The van der Waals surface area contributed by atoms with E-state index in [-0.39, 0.29) is 5.41 Å². The van der Waals surface area contributed by atoms with Crippen LogP contribution in [0.25, 0.3) is 66.1 Å². The number of para-hydroxylation sites is 5. The second-order valence-corrected chi connectivity index (χ2v) is 15.0. The first-order valence-electron chi connectivity index (χ1n) is 18.8. The summed E-state index contributed by atoms with van der Waals surface area (Å²) >= 11 is 0. The first-order chi connectivity index (χ1) is 26.6. The summed E-state index contributed by atoms with van der Waals surface area (Å²) in [6.45, 7) is 4.72. The van der Waals surface area contributed by atoms with Crippen molar-refractivity contribution in [3.63, 3.8) is 0 Å². The largest absolute Gasteiger partial charge is 0.310 e. The van der Waals surface area contributed by atoms with Crippen molar-refractivity contribution in [1.29, 1.82) is 0 Å². The van der Waals surface area contributed by atoms with Crippen molar-refractivity contribution in [1.82, 2.24) is 9.13 Å². The minimum absolute atomic E-state index is 0.168. The maximum atomic E-state index is 2.43. The SMILES string of the molecule is CC1(C)c2ccccc2N(c2ccccc2)c2ccc(-c3ccc4c(c3)c3ccccc3n4-c3ccc(-n4c5ccccc5c5ccccc54)cc3)cc21. The van der Waals surface area contributed by atoms with Crippen LogP contribution in [0.15, 0.2) is 188 Å². The van der Waals surface area contributed by atoms with Crippen molar-refractivity contribution >= 4 is 60.7 Å². The van der Waals surface area contributed by atoms with Gasteiger partial charge < -0.3 is 14.0 Å². The van der Waals surface area contributed by atoms with E-state index < -0.39 is 0 Å². The molecule has 1 aliphatic rings. The van der Waals surface area contributed by atoms with Gasteiger partial charge in [-0.15, -0.1) is 0 Å². The Morgan fingerprint density at radius 1 is 0.333 bits per heavy atom. The van der Waals surface area contributed by atoms with Crippen molar-refractivity contribution in [2.75, 3.05) is 4.90 Å². The molecule has 2 aromatic heterocycles. The fourth-order valence-electron chi connectivity index (χ4n) is 9.12. The van der Waals surface area contributed by atoms with Crippen molar-refractivity contribution in [3.8, 4) is 22.5 Å². The molecule has 0 aliphatic carbocycles. The molecule has 0 N–H and O–H groups in total. The Morgan fingerprint density at radius 2 is 0.796 bits per heavy atom. The molecule has 3 heterocycles. The zero-order chi connectivity index (χ0) is 36.0. The maximum Gasteiger partial charge on any atom is 0.0541 e. The zero-order valence-electron chi connectivity index (χ0n) is 30.2. The highest BCUT2D eigenvalue weighted by molar-refractivity contribution is 6.11. The maximum absolute atomic E-state index is 2.43. The lowest BCUT2D eigenvalue weighted by Gasteiger charge is -2.42. The second-order valence-electron chi connectivity index (χ2n) is 15.0. The van der Waals surface area contributed by atoms with Crippen LogP contribution in [0.3, 0.4) is 0 Å². The topological polar surface area (TPSA) is 13.1 Å². The van der Waals surface area contributed by atoms with E-state index in [4.69, 9.17) is 0 Å². The molecule has 0 amide bonds. The quantitative estimate of drug-likeness (QED) is 0.179. The van der Waals surface area contributed by atoms with Gasteiger partial charge in [-0.2, -0.15) is 0 Å². The average Bonchev–Trinajstić information content (AvgIpc) is 3.74. The van der Waals surface area contributed by atoms with Gasteiger partial charge in [-0.25, -0.2) is 0 Å². The first kappa shape index (κ1) is 30.8. The van der Waals surface area contributed by atoms with E-state index in [1.807, 2.05) is 0 Å². The number of hydrogen-bond donors (Lipinski definition) is 0. The molecule has 8 aromatic carbocycles. The molecule has 0 saturated carbocycles. The molecule has 0 bridgehead atoms. The summed E-state index contributed by atoms with van der Waals surface area (Å²) in [7, 11) is 0. The molecule has 3 nitrogen and oxygen atoms in total. The summed E-state index contributed by atoms with van der Waals surface area (Å²) in [6, 6.07) is 68.9. The molecule has 256 valence electrons. The Labute approximate surface area is 314 Å². The molecule has 0 fully saturated rings. The van der Waals surface area contributed by atoms with E-state index in [2.05, 4.69) is 216 Å². The van der Waals surface area contributed by atoms with Crippen molar-refractivity contribution in [2.24, 2.45) is 0 Å². The Bertz CT molecular complexity index is 3020. The van der Waals surface area contributed by atoms with Gasteiger partial charge in [-0.05, 0) is 107 Å². The van der Waals surface area contributed by atoms with Crippen LogP contribution in [0.5, 0.6) is 0 Å². The number of hydrogen-bond acceptors (Lipinski definition) is 1. The van der Waals surface area contributed by atoms with Gasteiger partial charge >= 0.3 is 0 Å². The molecule has 0 unspecified atom stereocenters. The third kappa shape index (κ3) is 4.42. The van der Waals surface area contributed by atoms with Gasteiger partial charge in [0.15, 0.2) is 0 Å². The van der Waals surface area contributed by atoms with Gasteiger partial charge in [0.2, 0.25) is 0 Å². The van der Waals surface area contributed by atoms with Gasteiger partial charge in [0.05, 0.1) is 33.4 Å². The van der Waals surface area contributed by atoms with Crippen LogP contribution >= 0.6 is 0 Å². The van der Waals surface area contributed by atoms with Crippen molar-refractivity contribution in [2.45, 2.75) is 19.3 Å². The smallest absolute Gasteiger partial charge is 0.0541 e. The number of aromatic nitrogens is 2. The average molecular weight is 692 g/mol. The van der Waals surface area contributed by atoms with Crippen LogP contribution in [0, 0.1) is 0 Å². The predicted octanol–water partition coefficient (Wildman–Crippen LogP) is 13.7. The molecule has 3 heteroatoms. The summed E-state index contributed by atoms with van der Waals surface area (Å²) < 4.78 is 4.79. The third-order valence-corrected chi connectivity index (χ3v) is 11.7. The van der Waals surface area contributed by atoms with Crippen LogP contribution in [0.4, 0.5) is 17.1 Å². The summed E-state index contributed by atoms with van der Waals surface area (Å²) in [4.78, 5) is 2.42. The zero-order valence-corrected chi connectivity index (χ0v) is 30.2. The fourth-order valence-corrected chi connectivity index (χ4v) is 9.12. The van der Waals surface area contributed by atoms with Crippen LogP contribution in [-0.4, -0.2) is 9.13 Å². The first-order valence-corrected chi connectivity index (χ1v) is 18.8. The number of fused-ring (bicyclic) bond motifs is 8. The molecule has 1 aliphatic heterocycles. The highest BCUT2D eigenvalue weighted by Gasteiger charge is 2.37. The van der Waals surface area contributed by atoms with Gasteiger partial charge in [-0.1, -0.05) is 117 Å². The predicted molar refractivity (Wildman–Crippen MR) is 227 cm³/mol. The second kappa shape index (κ2) is 11.6. The summed E-state index contributed by atoms with van der Waals surface area (Å²) in [5, 5.41) is 5.05.